The first-order valence-corrected chi connectivity index (χ1v) is 5.19. The van der Waals surface area contributed by atoms with Gasteiger partial charge in [-0.1, -0.05) is 28.1 Å². The fourth-order valence-electron chi connectivity index (χ4n) is 1.31. The van der Waals surface area contributed by atoms with E-state index in [1.807, 2.05) is 6.07 Å². The molecule has 0 saturated carbocycles. The Bertz CT molecular complexity index is 304. The van der Waals surface area contributed by atoms with E-state index in [1.165, 1.54) is 5.56 Å². The summed E-state index contributed by atoms with van der Waals surface area (Å²) < 4.78 is 6.12. The van der Waals surface area contributed by atoms with Gasteiger partial charge in [0.05, 0.1) is 12.6 Å². The molecule has 1 atom stereocenters. The standard InChI is InChI=1S/C10H15BrN2O/c1-7-3-4-8(9(11)5-7)10(13-12)6-14-2/h3-5,10,13H,6,12H2,1-2H3. The lowest BCUT2D eigenvalue weighted by Gasteiger charge is -2.17. The molecule has 0 aliphatic rings. The second kappa shape index (κ2) is 5.46. The third-order valence-electron chi connectivity index (χ3n) is 2.07. The Hall–Kier alpha value is -0.420. The number of aryl methyl sites for hydroxylation is 1. The van der Waals surface area contributed by atoms with Crippen LogP contribution in [0.4, 0.5) is 0 Å². The van der Waals surface area contributed by atoms with Gasteiger partial charge >= 0.3 is 0 Å². The highest BCUT2D eigenvalue weighted by Gasteiger charge is 2.12. The molecule has 0 fully saturated rings. The zero-order valence-corrected chi connectivity index (χ0v) is 9.97. The molecule has 0 aromatic heterocycles. The summed E-state index contributed by atoms with van der Waals surface area (Å²) in [5.41, 5.74) is 5.05. The van der Waals surface area contributed by atoms with E-state index in [0.717, 1.165) is 10.0 Å². The maximum atomic E-state index is 5.45. The molecule has 0 amide bonds. The molecule has 14 heavy (non-hydrogen) atoms. The van der Waals surface area contributed by atoms with E-state index in [9.17, 15) is 0 Å². The summed E-state index contributed by atoms with van der Waals surface area (Å²) in [6, 6.07) is 6.19. The molecule has 0 aliphatic carbocycles. The predicted molar refractivity (Wildman–Crippen MR) is 60.8 cm³/mol. The minimum Gasteiger partial charge on any atom is -0.383 e. The number of ether oxygens (including phenoxy) is 1. The molecule has 0 heterocycles. The molecule has 1 aromatic carbocycles. The number of nitrogens with one attached hydrogen (secondary N) is 1. The highest BCUT2D eigenvalue weighted by molar-refractivity contribution is 9.10. The van der Waals surface area contributed by atoms with Gasteiger partial charge < -0.3 is 4.74 Å². The number of benzene rings is 1. The number of nitrogens with two attached hydrogens (primary N) is 1. The Labute approximate surface area is 92.7 Å². The van der Waals surface area contributed by atoms with Gasteiger partial charge in [-0.15, -0.1) is 0 Å². The molecule has 0 bridgehead atoms. The molecule has 0 radical (unpaired) electrons. The molecule has 0 aliphatic heterocycles. The number of hydrogen-bond acceptors (Lipinski definition) is 3. The summed E-state index contributed by atoms with van der Waals surface area (Å²) in [6.45, 7) is 2.61. The molecule has 4 heteroatoms. The van der Waals surface area contributed by atoms with E-state index in [-0.39, 0.29) is 6.04 Å². The molecular weight excluding hydrogens is 244 g/mol. The van der Waals surface area contributed by atoms with Crippen LogP contribution < -0.4 is 11.3 Å². The SMILES string of the molecule is COCC(NN)c1ccc(C)cc1Br. The van der Waals surface area contributed by atoms with Crippen LogP contribution in [0.15, 0.2) is 22.7 Å². The van der Waals surface area contributed by atoms with Crippen LogP contribution in [0.1, 0.15) is 17.2 Å². The summed E-state index contributed by atoms with van der Waals surface area (Å²) >= 11 is 3.51. The minimum atomic E-state index is 0.0231. The van der Waals surface area contributed by atoms with Crippen LogP contribution in [0.2, 0.25) is 0 Å². The Kier molecular flexibility index (Phi) is 4.54. The minimum absolute atomic E-state index is 0.0231. The monoisotopic (exact) mass is 258 g/mol. The van der Waals surface area contributed by atoms with Crippen LogP contribution in [0.25, 0.3) is 0 Å². The van der Waals surface area contributed by atoms with Crippen molar-refractivity contribution in [2.75, 3.05) is 13.7 Å². The van der Waals surface area contributed by atoms with Gasteiger partial charge in [-0.25, -0.2) is 0 Å². The van der Waals surface area contributed by atoms with Crippen molar-refractivity contribution >= 4 is 15.9 Å². The number of rotatable bonds is 4. The van der Waals surface area contributed by atoms with Gasteiger partial charge in [-0.05, 0) is 24.1 Å². The molecule has 0 saturated heterocycles. The van der Waals surface area contributed by atoms with Gasteiger partial charge in [-0.2, -0.15) is 0 Å². The van der Waals surface area contributed by atoms with E-state index in [1.54, 1.807) is 7.11 Å². The Morgan fingerprint density at radius 3 is 2.79 bits per heavy atom. The van der Waals surface area contributed by atoms with Crippen LogP contribution in [-0.4, -0.2) is 13.7 Å². The van der Waals surface area contributed by atoms with Crippen molar-refractivity contribution < 1.29 is 4.74 Å². The Balaban J connectivity index is 2.92. The largest absolute Gasteiger partial charge is 0.383 e. The van der Waals surface area contributed by atoms with E-state index < -0.39 is 0 Å². The highest BCUT2D eigenvalue weighted by atomic mass is 79.9. The van der Waals surface area contributed by atoms with Crippen molar-refractivity contribution in [3.63, 3.8) is 0 Å². The second-order valence-electron chi connectivity index (χ2n) is 3.20. The zero-order chi connectivity index (χ0) is 10.6. The maximum Gasteiger partial charge on any atom is 0.0704 e. The highest BCUT2D eigenvalue weighted by Crippen LogP contribution is 2.24. The maximum absolute atomic E-state index is 5.45. The number of hydrogen-bond donors (Lipinski definition) is 2. The molecule has 3 nitrogen and oxygen atoms in total. The van der Waals surface area contributed by atoms with Gasteiger partial charge in [0, 0.05) is 11.6 Å². The third-order valence-corrected chi connectivity index (χ3v) is 2.75. The molecule has 0 spiro atoms. The van der Waals surface area contributed by atoms with E-state index in [2.05, 4.69) is 40.4 Å². The lowest BCUT2D eigenvalue weighted by Crippen LogP contribution is -2.31. The van der Waals surface area contributed by atoms with Crippen LogP contribution in [0, 0.1) is 6.92 Å². The lowest BCUT2D eigenvalue weighted by molar-refractivity contribution is 0.167. The molecule has 3 N–H and O–H groups in total. The number of hydrazine groups is 1. The van der Waals surface area contributed by atoms with Crippen molar-refractivity contribution in [2.24, 2.45) is 5.84 Å². The van der Waals surface area contributed by atoms with Crippen LogP contribution in [0.5, 0.6) is 0 Å². The topological polar surface area (TPSA) is 47.3 Å². The second-order valence-corrected chi connectivity index (χ2v) is 4.05. The molecule has 1 unspecified atom stereocenters. The first-order chi connectivity index (χ1) is 6.69. The van der Waals surface area contributed by atoms with Crippen molar-refractivity contribution in [1.82, 2.24) is 5.43 Å². The molecule has 1 rings (SSSR count). The first kappa shape index (κ1) is 11.7. The molecule has 1 aromatic rings. The van der Waals surface area contributed by atoms with Crippen LogP contribution >= 0.6 is 15.9 Å². The van der Waals surface area contributed by atoms with Crippen LogP contribution in [0.3, 0.4) is 0 Å². The summed E-state index contributed by atoms with van der Waals surface area (Å²) in [5, 5.41) is 0. The fraction of sp³-hybridized carbons (Fsp3) is 0.400. The van der Waals surface area contributed by atoms with Crippen LogP contribution in [-0.2, 0) is 4.74 Å². The fourth-order valence-corrected chi connectivity index (χ4v) is 2.08. The Morgan fingerprint density at radius 1 is 1.57 bits per heavy atom. The number of halogens is 1. The quantitative estimate of drug-likeness (QED) is 0.641. The van der Waals surface area contributed by atoms with E-state index in [4.69, 9.17) is 10.6 Å². The Morgan fingerprint density at radius 2 is 2.29 bits per heavy atom. The van der Waals surface area contributed by atoms with Crippen molar-refractivity contribution in [2.45, 2.75) is 13.0 Å². The third kappa shape index (κ3) is 2.78. The smallest absolute Gasteiger partial charge is 0.0704 e. The normalized spacial score (nSPS) is 12.9. The summed E-state index contributed by atoms with van der Waals surface area (Å²) in [7, 11) is 1.66. The van der Waals surface area contributed by atoms with Gasteiger partial charge in [0.15, 0.2) is 0 Å². The summed E-state index contributed by atoms with van der Waals surface area (Å²) in [5.74, 6) is 5.45. The average Bonchev–Trinajstić information content (AvgIpc) is 2.15. The van der Waals surface area contributed by atoms with Gasteiger partial charge in [0.2, 0.25) is 0 Å². The lowest BCUT2D eigenvalue weighted by atomic mass is 10.1. The zero-order valence-electron chi connectivity index (χ0n) is 8.38. The summed E-state index contributed by atoms with van der Waals surface area (Å²) in [6.07, 6.45) is 0. The first-order valence-electron chi connectivity index (χ1n) is 4.40. The van der Waals surface area contributed by atoms with Crippen molar-refractivity contribution in [3.8, 4) is 0 Å². The van der Waals surface area contributed by atoms with Crippen molar-refractivity contribution in [3.05, 3.63) is 33.8 Å². The number of methoxy groups -OCH3 is 1. The van der Waals surface area contributed by atoms with E-state index in [0.29, 0.717) is 6.61 Å². The summed E-state index contributed by atoms with van der Waals surface area (Å²) in [4.78, 5) is 0. The van der Waals surface area contributed by atoms with Gasteiger partial charge in [0.25, 0.3) is 0 Å². The predicted octanol–water partition coefficient (Wildman–Crippen LogP) is 1.91. The molecule has 78 valence electrons. The van der Waals surface area contributed by atoms with E-state index >= 15 is 0 Å². The van der Waals surface area contributed by atoms with Gasteiger partial charge in [0.1, 0.15) is 0 Å². The molecular formula is C10H15BrN2O. The van der Waals surface area contributed by atoms with Gasteiger partial charge in [-0.3, -0.25) is 11.3 Å². The van der Waals surface area contributed by atoms with Crippen molar-refractivity contribution in [1.29, 1.82) is 0 Å². The average molecular weight is 259 g/mol.